The summed E-state index contributed by atoms with van der Waals surface area (Å²) in [5.74, 6) is 0.305. The number of carbonyl (C=O) groups is 2. The predicted molar refractivity (Wildman–Crippen MR) is 108 cm³/mol. The van der Waals surface area contributed by atoms with E-state index < -0.39 is 0 Å². The molecule has 1 N–H and O–H groups in total. The molecular weight excluding hydrogens is 344 g/mol. The summed E-state index contributed by atoms with van der Waals surface area (Å²) >= 11 is 1.62. The molecule has 1 unspecified atom stereocenters. The highest BCUT2D eigenvalue weighted by molar-refractivity contribution is 7.99. The van der Waals surface area contributed by atoms with Gasteiger partial charge in [0, 0.05) is 29.3 Å². The maximum atomic E-state index is 12.7. The number of para-hydroxylation sites is 1. The molecule has 0 aromatic heterocycles. The molecule has 2 aromatic carbocycles. The molecule has 1 aliphatic rings. The van der Waals surface area contributed by atoms with Crippen LogP contribution in [-0.2, 0) is 9.59 Å². The zero-order valence-electron chi connectivity index (χ0n) is 14.8. The number of hydrogen-bond donors (Lipinski definition) is 1. The maximum absolute atomic E-state index is 12.7. The molecule has 1 saturated heterocycles. The largest absolute Gasteiger partial charge is 0.325 e. The van der Waals surface area contributed by atoms with Crippen molar-refractivity contribution in [2.45, 2.75) is 18.2 Å². The summed E-state index contributed by atoms with van der Waals surface area (Å²) in [6.45, 7) is 6.15. The van der Waals surface area contributed by atoms with Gasteiger partial charge < -0.3 is 10.2 Å². The van der Waals surface area contributed by atoms with E-state index in [2.05, 4.69) is 11.9 Å². The van der Waals surface area contributed by atoms with Gasteiger partial charge in [0.2, 0.25) is 11.8 Å². The fraction of sp³-hybridized carbons (Fsp3) is 0.238. The van der Waals surface area contributed by atoms with Gasteiger partial charge in [0.15, 0.2) is 0 Å². The predicted octanol–water partition coefficient (Wildman–Crippen LogP) is 4.26. The second-order valence-corrected chi connectivity index (χ2v) is 7.39. The number of nitrogens with one attached hydrogen (secondary N) is 1. The second kappa shape index (κ2) is 8.23. The molecule has 4 nitrogen and oxygen atoms in total. The molecule has 2 amide bonds. The smallest absolute Gasteiger partial charge is 0.229 e. The molecule has 0 aliphatic carbocycles. The number of anilines is 2. The molecule has 0 radical (unpaired) electrons. The minimum absolute atomic E-state index is 0.0108. The highest BCUT2D eigenvalue weighted by atomic mass is 32.2. The van der Waals surface area contributed by atoms with Crippen molar-refractivity contribution in [3.8, 4) is 0 Å². The monoisotopic (exact) mass is 366 g/mol. The Bertz CT molecular complexity index is 817. The van der Waals surface area contributed by atoms with Crippen LogP contribution in [0.5, 0.6) is 0 Å². The zero-order valence-corrected chi connectivity index (χ0v) is 15.6. The van der Waals surface area contributed by atoms with E-state index in [4.69, 9.17) is 0 Å². The number of amides is 2. The van der Waals surface area contributed by atoms with Crippen molar-refractivity contribution < 1.29 is 9.59 Å². The molecule has 134 valence electrons. The van der Waals surface area contributed by atoms with Crippen LogP contribution in [0.3, 0.4) is 0 Å². The SMILES string of the molecule is C=CCSc1ccccc1NC(=O)C1CC(=O)N(c2ccc(C)cc2)C1. The van der Waals surface area contributed by atoms with E-state index in [1.807, 2.05) is 61.5 Å². The Kier molecular flexibility index (Phi) is 5.78. The quantitative estimate of drug-likeness (QED) is 0.614. The van der Waals surface area contributed by atoms with Gasteiger partial charge >= 0.3 is 0 Å². The Morgan fingerprint density at radius 3 is 2.73 bits per heavy atom. The Balaban J connectivity index is 1.69. The second-order valence-electron chi connectivity index (χ2n) is 6.33. The molecule has 0 saturated carbocycles. The van der Waals surface area contributed by atoms with Gasteiger partial charge in [0.25, 0.3) is 0 Å². The molecular formula is C21H22N2O2S. The number of aryl methyl sites for hydroxylation is 1. The van der Waals surface area contributed by atoms with E-state index in [0.29, 0.717) is 6.54 Å². The fourth-order valence-corrected chi connectivity index (χ4v) is 3.68. The molecule has 2 aromatic rings. The van der Waals surface area contributed by atoms with Crippen LogP contribution in [0.2, 0.25) is 0 Å². The van der Waals surface area contributed by atoms with E-state index >= 15 is 0 Å². The molecule has 3 rings (SSSR count). The van der Waals surface area contributed by atoms with Gasteiger partial charge in [0.1, 0.15) is 0 Å². The lowest BCUT2D eigenvalue weighted by Crippen LogP contribution is -2.28. The van der Waals surface area contributed by atoms with Crippen LogP contribution in [0.25, 0.3) is 0 Å². The first-order valence-electron chi connectivity index (χ1n) is 8.59. The van der Waals surface area contributed by atoms with Gasteiger partial charge in [-0.2, -0.15) is 0 Å². The lowest BCUT2D eigenvalue weighted by atomic mass is 10.1. The lowest BCUT2D eigenvalue weighted by Gasteiger charge is -2.17. The lowest BCUT2D eigenvalue weighted by molar-refractivity contribution is -0.122. The third-order valence-electron chi connectivity index (χ3n) is 4.34. The Labute approximate surface area is 158 Å². The molecule has 1 fully saturated rings. The summed E-state index contributed by atoms with van der Waals surface area (Å²) in [5, 5.41) is 2.99. The average Bonchev–Trinajstić information content (AvgIpc) is 3.03. The molecule has 1 heterocycles. The van der Waals surface area contributed by atoms with Crippen molar-refractivity contribution in [1.29, 1.82) is 0 Å². The van der Waals surface area contributed by atoms with Crippen molar-refractivity contribution in [3.63, 3.8) is 0 Å². The van der Waals surface area contributed by atoms with E-state index in [1.54, 1.807) is 16.7 Å². The Morgan fingerprint density at radius 2 is 2.00 bits per heavy atom. The molecule has 0 spiro atoms. The van der Waals surface area contributed by atoms with Crippen LogP contribution in [0.1, 0.15) is 12.0 Å². The Morgan fingerprint density at radius 1 is 1.27 bits per heavy atom. The van der Waals surface area contributed by atoms with Crippen LogP contribution < -0.4 is 10.2 Å². The molecule has 0 bridgehead atoms. The van der Waals surface area contributed by atoms with Crippen LogP contribution in [0, 0.1) is 12.8 Å². The number of thioether (sulfide) groups is 1. The molecule has 5 heteroatoms. The minimum atomic E-state index is -0.346. The number of benzene rings is 2. The van der Waals surface area contributed by atoms with Gasteiger partial charge in [-0.25, -0.2) is 0 Å². The van der Waals surface area contributed by atoms with Crippen molar-refractivity contribution in [2.24, 2.45) is 5.92 Å². The van der Waals surface area contributed by atoms with Gasteiger partial charge in [-0.15, -0.1) is 18.3 Å². The first-order valence-corrected chi connectivity index (χ1v) is 9.57. The van der Waals surface area contributed by atoms with E-state index in [-0.39, 0.29) is 24.2 Å². The summed E-state index contributed by atoms with van der Waals surface area (Å²) in [4.78, 5) is 27.8. The third kappa shape index (κ3) is 4.17. The molecule has 1 aliphatic heterocycles. The number of hydrogen-bond acceptors (Lipinski definition) is 3. The normalized spacial score (nSPS) is 16.6. The minimum Gasteiger partial charge on any atom is -0.325 e. The topological polar surface area (TPSA) is 49.4 Å². The Hall–Kier alpha value is -2.53. The first kappa shape index (κ1) is 18.3. The summed E-state index contributed by atoms with van der Waals surface area (Å²) in [6, 6.07) is 15.5. The average molecular weight is 366 g/mol. The standard InChI is InChI=1S/C21H22N2O2S/c1-3-12-26-19-7-5-4-6-18(19)22-21(25)16-13-20(24)23(14-16)17-10-8-15(2)9-11-17/h3-11,16H,1,12-14H2,2H3,(H,22,25). The van der Waals surface area contributed by atoms with Crippen LogP contribution in [-0.4, -0.2) is 24.1 Å². The van der Waals surface area contributed by atoms with Crippen molar-refractivity contribution in [1.82, 2.24) is 0 Å². The van der Waals surface area contributed by atoms with Crippen molar-refractivity contribution >= 4 is 35.0 Å². The molecule has 1 atom stereocenters. The van der Waals surface area contributed by atoms with Crippen LogP contribution >= 0.6 is 11.8 Å². The summed E-state index contributed by atoms with van der Waals surface area (Å²) in [6.07, 6.45) is 2.07. The van der Waals surface area contributed by atoms with E-state index in [9.17, 15) is 9.59 Å². The highest BCUT2D eigenvalue weighted by Gasteiger charge is 2.35. The maximum Gasteiger partial charge on any atom is 0.229 e. The van der Waals surface area contributed by atoms with Crippen LogP contribution in [0.15, 0.2) is 66.1 Å². The van der Waals surface area contributed by atoms with Crippen molar-refractivity contribution in [2.75, 3.05) is 22.5 Å². The van der Waals surface area contributed by atoms with E-state index in [1.165, 1.54) is 0 Å². The van der Waals surface area contributed by atoms with Crippen molar-refractivity contribution in [3.05, 3.63) is 66.7 Å². The number of carbonyl (C=O) groups excluding carboxylic acids is 2. The highest BCUT2D eigenvalue weighted by Crippen LogP contribution is 2.30. The third-order valence-corrected chi connectivity index (χ3v) is 5.41. The zero-order chi connectivity index (χ0) is 18.5. The number of rotatable bonds is 6. The van der Waals surface area contributed by atoms with E-state index in [0.717, 1.165) is 27.6 Å². The molecule has 26 heavy (non-hydrogen) atoms. The summed E-state index contributed by atoms with van der Waals surface area (Å²) in [5.41, 5.74) is 2.77. The van der Waals surface area contributed by atoms with Gasteiger partial charge in [0.05, 0.1) is 11.6 Å². The van der Waals surface area contributed by atoms with Gasteiger partial charge in [-0.05, 0) is 31.2 Å². The summed E-state index contributed by atoms with van der Waals surface area (Å²) < 4.78 is 0. The number of nitrogens with zero attached hydrogens (tertiary/aromatic N) is 1. The van der Waals surface area contributed by atoms with Gasteiger partial charge in [-0.1, -0.05) is 35.9 Å². The van der Waals surface area contributed by atoms with Gasteiger partial charge in [-0.3, -0.25) is 9.59 Å². The summed E-state index contributed by atoms with van der Waals surface area (Å²) in [7, 11) is 0. The first-order chi connectivity index (χ1) is 12.6. The fourth-order valence-electron chi connectivity index (χ4n) is 2.94. The van der Waals surface area contributed by atoms with Crippen LogP contribution in [0.4, 0.5) is 11.4 Å².